The molecule has 0 radical (unpaired) electrons. The van der Waals surface area contributed by atoms with E-state index in [1.807, 2.05) is 4.90 Å². The molecule has 2 rings (SSSR count). The first kappa shape index (κ1) is 14.7. The van der Waals surface area contributed by atoms with Crippen LogP contribution in [0.1, 0.15) is 29.6 Å². The largest absolute Gasteiger partial charge is 0.354 e. The minimum Gasteiger partial charge on any atom is -0.354 e. The van der Waals surface area contributed by atoms with E-state index in [2.05, 4.69) is 34.3 Å². The molecule has 0 unspecified atom stereocenters. The molecule has 1 aliphatic rings. The van der Waals surface area contributed by atoms with E-state index in [1.54, 1.807) is 12.4 Å². The zero-order valence-electron chi connectivity index (χ0n) is 12.3. The number of hydrogen-bond donors (Lipinski definition) is 1. The van der Waals surface area contributed by atoms with Crippen molar-refractivity contribution in [3.63, 3.8) is 0 Å². The second-order valence-corrected chi connectivity index (χ2v) is 5.38. The molecule has 1 saturated heterocycles. The molecule has 1 N–H and O–H groups in total. The summed E-state index contributed by atoms with van der Waals surface area (Å²) in [5.74, 6) is 0.628. The Labute approximate surface area is 120 Å². The summed E-state index contributed by atoms with van der Waals surface area (Å²) in [5, 5.41) is 3.16. The first-order valence-corrected chi connectivity index (χ1v) is 7.17. The molecule has 0 spiro atoms. The fraction of sp³-hybridized carbons (Fsp3) is 0.643. The van der Waals surface area contributed by atoms with Crippen LogP contribution in [0.2, 0.25) is 0 Å². The van der Waals surface area contributed by atoms with Crippen molar-refractivity contribution >= 4 is 11.9 Å². The molecule has 1 aromatic heterocycles. The van der Waals surface area contributed by atoms with Crippen LogP contribution in [-0.4, -0.2) is 65.9 Å². The summed E-state index contributed by atoms with van der Waals surface area (Å²) in [7, 11) is 4.10. The van der Waals surface area contributed by atoms with Crippen molar-refractivity contribution in [2.24, 2.45) is 0 Å². The Bertz CT molecular complexity index is 426. The van der Waals surface area contributed by atoms with E-state index in [-0.39, 0.29) is 5.91 Å². The summed E-state index contributed by atoms with van der Waals surface area (Å²) in [6, 6.07) is 0. The quantitative estimate of drug-likeness (QED) is 0.788. The van der Waals surface area contributed by atoms with Gasteiger partial charge in [0.05, 0.1) is 5.56 Å². The zero-order chi connectivity index (χ0) is 14.4. The molecule has 0 aliphatic carbocycles. The zero-order valence-corrected chi connectivity index (χ0v) is 12.3. The van der Waals surface area contributed by atoms with Crippen molar-refractivity contribution in [2.45, 2.75) is 19.3 Å². The number of anilines is 1. The lowest BCUT2D eigenvalue weighted by Gasteiger charge is -2.14. The van der Waals surface area contributed by atoms with Crippen LogP contribution in [0.25, 0.3) is 0 Å². The lowest BCUT2D eigenvalue weighted by molar-refractivity contribution is 0.0792. The van der Waals surface area contributed by atoms with Crippen LogP contribution >= 0.6 is 0 Å². The molecule has 6 nitrogen and oxygen atoms in total. The van der Waals surface area contributed by atoms with E-state index < -0.39 is 0 Å². The molecule has 0 saturated carbocycles. The Hall–Kier alpha value is -1.69. The van der Waals surface area contributed by atoms with Crippen LogP contribution in [0.15, 0.2) is 12.4 Å². The highest BCUT2D eigenvalue weighted by Crippen LogP contribution is 2.12. The highest BCUT2D eigenvalue weighted by atomic mass is 16.2. The third-order valence-corrected chi connectivity index (χ3v) is 3.36. The molecule has 1 aromatic rings. The molecule has 1 amide bonds. The third kappa shape index (κ3) is 4.16. The van der Waals surface area contributed by atoms with E-state index in [0.717, 1.165) is 45.4 Å². The summed E-state index contributed by atoms with van der Waals surface area (Å²) >= 11 is 0. The van der Waals surface area contributed by atoms with E-state index in [1.165, 1.54) is 0 Å². The Morgan fingerprint density at radius 2 is 1.95 bits per heavy atom. The van der Waals surface area contributed by atoms with Crippen LogP contribution in [0.5, 0.6) is 0 Å². The standard InChI is InChI=1S/C14H23N5O/c1-18(2)7-5-6-15-14-16-10-12(11-17-14)13(20)19-8-3-4-9-19/h10-11H,3-9H2,1-2H3,(H,15,16,17). The van der Waals surface area contributed by atoms with Crippen LogP contribution in [-0.2, 0) is 0 Å². The molecule has 6 heteroatoms. The minimum atomic E-state index is 0.0432. The second-order valence-electron chi connectivity index (χ2n) is 5.38. The van der Waals surface area contributed by atoms with Gasteiger partial charge < -0.3 is 15.1 Å². The average Bonchev–Trinajstić information content (AvgIpc) is 2.97. The number of carbonyl (C=O) groups is 1. The number of hydrogen-bond acceptors (Lipinski definition) is 5. The molecular formula is C14H23N5O. The second kappa shape index (κ2) is 7.19. The number of amides is 1. The van der Waals surface area contributed by atoms with Gasteiger partial charge in [0.1, 0.15) is 0 Å². The van der Waals surface area contributed by atoms with Gasteiger partial charge in [-0.2, -0.15) is 0 Å². The van der Waals surface area contributed by atoms with Gasteiger partial charge in [-0.3, -0.25) is 4.79 Å². The number of aromatic nitrogens is 2. The van der Waals surface area contributed by atoms with Crippen molar-refractivity contribution in [1.29, 1.82) is 0 Å². The van der Waals surface area contributed by atoms with Gasteiger partial charge in [0, 0.05) is 32.0 Å². The van der Waals surface area contributed by atoms with E-state index in [0.29, 0.717) is 11.5 Å². The predicted octanol–water partition coefficient (Wildman–Crippen LogP) is 1.08. The number of rotatable bonds is 6. The molecular weight excluding hydrogens is 254 g/mol. The van der Waals surface area contributed by atoms with E-state index in [9.17, 15) is 4.79 Å². The van der Waals surface area contributed by atoms with Gasteiger partial charge in [0.2, 0.25) is 5.95 Å². The summed E-state index contributed by atoms with van der Waals surface area (Å²) < 4.78 is 0. The van der Waals surface area contributed by atoms with Crippen LogP contribution in [0, 0.1) is 0 Å². The van der Waals surface area contributed by atoms with Crippen LogP contribution in [0.4, 0.5) is 5.95 Å². The topological polar surface area (TPSA) is 61.4 Å². The maximum Gasteiger partial charge on any atom is 0.256 e. The summed E-state index contributed by atoms with van der Waals surface area (Å²) in [6.45, 7) is 3.56. The van der Waals surface area contributed by atoms with Gasteiger partial charge in [-0.1, -0.05) is 0 Å². The van der Waals surface area contributed by atoms with Crippen molar-refractivity contribution < 1.29 is 4.79 Å². The Kier molecular flexibility index (Phi) is 5.29. The molecule has 20 heavy (non-hydrogen) atoms. The number of nitrogens with zero attached hydrogens (tertiary/aromatic N) is 4. The summed E-state index contributed by atoms with van der Waals surface area (Å²) in [5.41, 5.74) is 0.575. The third-order valence-electron chi connectivity index (χ3n) is 3.36. The molecule has 0 aromatic carbocycles. The van der Waals surface area contributed by atoms with Crippen molar-refractivity contribution in [2.75, 3.05) is 45.6 Å². The number of nitrogens with one attached hydrogen (secondary N) is 1. The van der Waals surface area contributed by atoms with Gasteiger partial charge in [-0.15, -0.1) is 0 Å². The average molecular weight is 277 g/mol. The van der Waals surface area contributed by atoms with Crippen molar-refractivity contribution in [3.05, 3.63) is 18.0 Å². The Morgan fingerprint density at radius 1 is 1.30 bits per heavy atom. The molecule has 2 heterocycles. The van der Waals surface area contributed by atoms with Gasteiger partial charge in [0.15, 0.2) is 0 Å². The fourth-order valence-corrected chi connectivity index (χ4v) is 2.23. The van der Waals surface area contributed by atoms with Crippen molar-refractivity contribution in [1.82, 2.24) is 19.8 Å². The smallest absolute Gasteiger partial charge is 0.256 e. The molecule has 1 aliphatic heterocycles. The minimum absolute atomic E-state index is 0.0432. The highest BCUT2D eigenvalue weighted by Gasteiger charge is 2.19. The van der Waals surface area contributed by atoms with E-state index >= 15 is 0 Å². The van der Waals surface area contributed by atoms with E-state index in [4.69, 9.17) is 0 Å². The lowest BCUT2D eigenvalue weighted by atomic mass is 10.3. The van der Waals surface area contributed by atoms with Crippen LogP contribution < -0.4 is 5.32 Å². The van der Waals surface area contributed by atoms with Gasteiger partial charge in [0.25, 0.3) is 5.91 Å². The summed E-state index contributed by atoms with van der Waals surface area (Å²) in [4.78, 5) is 24.5. The number of carbonyl (C=O) groups excluding carboxylic acids is 1. The van der Waals surface area contributed by atoms with Crippen LogP contribution in [0.3, 0.4) is 0 Å². The highest BCUT2D eigenvalue weighted by molar-refractivity contribution is 5.93. The lowest BCUT2D eigenvalue weighted by Crippen LogP contribution is -2.27. The molecule has 0 bridgehead atoms. The monoisotopic (exact) mass is 277 g/mol. The maximum atomic E-state index is 12.1. The number of likely N-dealkylation sites (tertiary alicyclic amines) is 1. The SMILES string of the molecule is CN(C)CCCNc1ncc(C(=O)N2CCCC2)cn1. The normalized spacial score (nSPS) is 14.8. The Morgan fingerprint density at radius 3 is 2.55 bits per heavy atom. The molecule has 110 valence electrons. The van der Waals surface area contributed by atoms with Gasteiger partial charge in [-0.05, 0) is 39.9 Å². The summed E-state index contributed by atoms with van der Waals surface area (Å²) in [6.07, 6.45) is 6.45. The predicted molar refractivity (Wildman–Crippen MR) is 78.8 cm³/mol. The molecule has 1 fully saturated rings. The Balaban J connectivity index is 1.81. The van der Waals surface area contributed by atoms with Gasteiger partial charge in [-0.25, -0.2) is 9.97 Å². The van der Waals surface area contributed by atoms with Gasteiger partial charge >= 0.3 is 0 Å². The first-order valence-electron chi connectivity index (χ1n) is 7.17. The van der Waals surface area contributed by atoms with Crippen molar-refractivity contribution in [3.8, 4) is 0 Å². The molecule has 0 atom stereocenters. The fourth-order valence-electron chi connectivity index (χ4n) is 2.23. The first-order chi connectivity index (χ1) is 9.66. The maximum absolute atomic E-state index is 12.1.